The maximum Gasteiger partial charge on any atom is 0.417 e. The Kier molecular flexibility index (Phi) is 5.37. The summed E-state index contributed by atoms with van der Waals surface area (Å²) in [4.78, 5) is 8.40. The number of rotatable bonds is 3. The van der Waals surface area contributed by atoms with Crippen LogP contribution in [-0.2, 0) is 6.18 Å². The molecule has 1 unspecified atom stereocenters. The van der Waals surface area contributed by atoms with E-state index in [4.69, 9.17) is 11.6 Å². The van der Waals surface area contributed by atoms with Crippen molar-refractivity contribution in [3.63, 3.8) is 0 Å². The molecule has 1 atom stereocenters. The van der Waals surface area contributed by atoms with Crippen LogP contribution in [0.5, 0.6) is 0 Å². The van der Waals surface area contributed by atoms with Gasteiger partial charge in [-0.25, -0.2) is 4.99 Å². The molecule has 7 heteroatoms. The smallest absolute Gasteiger partial charge is 0.342 e. The van der Waals surface area contributed by atoms with Crippen LogP contribution in [0.4, 0.5) is 13.2 Å². The van der Waals surface area contributed by atoms with E-state index in [-0.39, 0.29) is 17.9 Å². The number of benzene rings is 2. The van der Waals surface area contributed by atoms with E-state index >= 15 is 0 Å². The molecule has 0 saturated carbocycles. The first-order chi connectivity index (χ1) is 12.8. The third kappa shape index (κ3) is 4.22. The minimum atomic E-state index is -4.50. The van der Waals surface area contributed by atoms with Crippen LogP contribution in [-0.4, -0.2) is 23.6 Å². The fourth-order valence-electron chi connectivity index (χ4n) is 2.78. The predicted octanol–water partition coefficient (Wildman–Crippen LogP) is 5.04. The van der Waals surface area contributed by atoms with Gasteiger partial charge in [-0.1, -0.05) is 49.0 Å². The second-order valence-corrected chi connectivity index (χ2v) is 6.62. The number of aliphatic imine (C=N–C) groups is 2. The summed E-state index contributed by atoms with van der Waals surface area (Å²) >= 11 is 6.27. The van der Waals surface area contributed by atoms with Crippen LogP contribution >= 0.6 is 11.6 Å². The summed E-state index contributed by atoms with van der Waals surface area (Å²) in [5.41, 5.74) is 1.60. The number of hydrogen-bond donors (Lipinski definition) is 1. The van der Waals surface area contributed by atoms with Crippen LogP contribution in [0.3, 0.4) is 0 Å². The minimum absolute atomic E-state index is 0.0000846. The van der Waals surface area contributed by atoms with Crippen LogP contribution < -0.4 is 5.32 Å². The second-order valence-electron chi connectivity index (χ2n) is 6.09. The molecule has 0 fully saturated rings. The largest absolute Gasteiger partial charge is 0.417 e. The van der Waals surface area contributed by atoms with Crippen molar-refractivity contribution >= 4 is 29.0 Å². The molecule has 0 aliphatic carbocycles. The molecule has 2 aromatic carbocycles. The molecule has 0 bridgehead atoms. The Morgan fingerprint density at radius 1 is 1.15 bits per heavy atom. The van der Waals surface area contributed by atoms with E-state index in [2.05, 4.69) is 21.9 Å². The monoisotopic (exact) mass is 391 g/mol. The Labute approximate surface area is 160 Å². The molecule has 140 valence electrons. The summed E-state index contributed by atoms with van der Waals surface area (Å²) in [5, 5.41) is 2.47. The van der Waals surface area contributed by atoms with Crippen molar-refractivity contribution in [1.29, 1.82) is 0 Å². The molecule has 0 aromatic heterocycles. The number of nitrogens with zero attached hydrogens (tertiary/aromatic N) is 2. The van der Waals surface area contributed by atoms with Crippen molar-refractivity contribution in [3.8, 4) is 0 Å². The highest BCUT2D eigenvalue weighted by Gasteiger charge is 2.35. The molecule has 1 aliphatic rings. The number of nitrogens with one attached hydrogen (secondary N) is 1. The van der Waals surface area contributed by atoms with Crippen LogP contribution in [0.2, 0.25) is 0 Å². The standard InChI is InChI=1S/C20H17ClF3N3/c1-12-7-3-4-8-14(12)13(2)26-19-17(21)11-25-18(27-19)15-9-5-6-10-16(15)20(22,23)24/h3-10,17H,2,11H2,1H3,(H,25,26,27). The number of halogens is 4. The number of amidine groups is 2. The molecule has 3 nitrogen and oxygen atoms in total. The third-order valence-electron chi connectivity index (χ3n) is 4.15. The predicted molar refractivity (Wildman–Crippen MR) is 103 cm³/mol. The molecule has 1 aliphatic heterocycles. The highest BCUT2D eigenvalue weighted by molar-refractivity contribution is 6.34. The van der Waals surface area contributed by atoms with E-state index in [1.807, 2.05) is 31.2 Å². The average Bonchev–Trinajstić information content (AvgIpc) is 2.63. The number of hydrogen-bond acceptors (Lipinski definition) is 3. The molecule has 1 N–H and O–H groups in total. The Balaban J connectivity index is 1.92. The summed E-state index contributed by atoms with van der Waals surface area (Å²) in [6, 6.07) is 12.8. The summed E-state index contributed by atoms with van der Waals surface area (Å²) in [6.07, 6.45) is -4.50. The fourth-order valence-corrected chi connectivity index (χ4v) is 2.96. The topological polar surface area (TPSA) is 36.8 Å². The van der Waals surface area contributed by atoms with Gasteiger partial charge in [-0.2, -0.15) is 13.2 Å². The number of aryl methyl sites for hydroxylation is 1. The van der Waals surface area contributed by atoms with Gasteiger partial charge in [-0.15, -0.1) is 11.6 Å². The second kappa shape index (κ2) is 7.56. The molecule has 3 rings (SSSR count). The minimum Gasteiger partial charge on any atom is -0.342 e. The average molecular weight is 392 g/mol. The van der Waals surface area contributed by atoms with E-state index in [9.17, 15) is 13.2 Å². The zero-order valence-electron chi connectivity index (χ0n) is 14.5. The lowest BCUT2D eigenvalue weighted by Gasteiger charge is -2.21. The van der Waals surface area contributed by atoms with Gasteiger partial charge in [0.2, 0.25) is 0 Å². The molecule has 0 radical (unpaired) electrons. The summed E-state index contributed by atoms with van der Waals surface area (Å²) < 4.78 is 39.9. The van der Waals surface area contributed by atoms with E-state index in [0.717, 1.165) is 17.2 Å². The van der Waals surface area contributed by atoms with Gasteiger partial charge >= 0.3 is 6.18 Å². The highest BCUT2D eigenvalue weighted by Crippen LogP contribution is 2.32. The van der Waals surface area contributed by atoms with E-state index in [1.165, 1.54) is 18.2 Å². The highest BCUT2D eigenvalue weighted by atomic mass is 35.5. The quantitative estimate of drug-likeness (QED) is 0.731. The van der Waals surface area contributed by atoms with Crippen molar-refractivity contribution in [3.05, 3.63) is 77.4 Å². The zero-order chi connectivity index (χ0) is 19.6. The van der Waals surface area contributed by atoms with E-state index < -0.39 is 17.1 Å². The van der Waals surface area contributed by atoms with E-state index in [1.54, 1.807) is 0 Å². The molecule has 27 heavy (non-hydrogen) atoms. The Morgan fingerprint density at radius 3 is 2.52 bits per heavy atom. The molecule has 1 heterocycles. The maximum atomic E-state index is 13.3. The summed E-state index contributed by atoms with van der Waals surface area (Å²) in [7, 11) is 0. The van der Waals surface area contributed by atoms with Crippen LogP contribution in [0.15, 0.2) is 65.1 Å². The molecule has 0 amide bonds. The van der Waals surface area contributed by atoms with Gasteiger partial charge in [-0.05, 0) is 18.6 Å². The molecule has 0 saturated heterocycles. The lowest BCUT2D eigenvalue weighted by atomic mass is 10.1. The Morgan fingerprint density at radius 2 is 1.81 bits per heavy atom. The van der Waals surface area contributed by atoms with Gasteiger partial charge in [0.05, 0.1) is 12.1 Å². The first-order valence-electron chi connectivity index (χ1n) is 8.23. The summed E-state index contributed by atoms with van der Waals surface area (Å²) in [6.45, 7) is 6.06. The van der Waals surface area contributed by atoms with Gasteiger partial charge in [0, 0.05) is 16.8 Å². The van der Waals surface area contributed by atoms with Crippen LogP contribution in [0.25, 0.3) is 5.70 Å². The van der Waals surface area contributed by atoms with Crippen molar-refractivity contribution in [1.82, 2.24) is 5.32 Å². The number of alkyl halides is 4. The van der Waals surface area contributed by atoms with Crippen molar-refractivity contribution in [2.45, 2.75) is 18.5 Å². The van der Waals surface area contributed by atoms with Crippen molar-refractivity contribution in [2.24, 2.45) is 9.98 Å². The van der Waals surface area contributed by atoms with Gasteiger partial charge in [0.25, 0.3) is 0 Å². The Bertz CT molecular complexity index is 932. The first kappa shape index (κ1) is 19.2. The van der Waals surface area contributed by atoms with E-state index in [0.29, 0.717) is 11.5 Å². The van der Waals surface area contributed by atoms with Crippen molar-refractivity contribution in [2.75, 3.05) is 6.54 Å². The lowest BCUT2D eigenvalue weighted by molar-refractivity contribution is -0.137. The van der Waals surface area contributed by atoms with Gasteiger partial charge in [0.1, 0.15) is 11.2 Å². The molecular formula is C20H17ClF3N3. The normalized spacial score (nSPS) is 17.1. The SMILES string of the molecule is C=C(NC1=NC(c2ccccc2C(F)(F)F)=NCC1Cl)c1ccccc1C. The van der Waals surface area contributed by atoms with Crippen LogP contribution in [0, 0.1) is 6.92 Å². The fraction of sp³-hybridized carbons (Fsp3) is 0.200. The lowest BCUT2D eigenvalue weighted by Crippen LogP contribution is -2.36. The van der Waals surface area contributed by atoms with Crippen LogP contribution in [0.1, 0.15) is 22.3 Å². The third-order valence-corrected chi connectivity index (χ3v) is 4.49. The zero-order valence-corrected chi connectivity index (χ0v) is 15.3. The first-order valence-corrected chi connectivity index (χ1v) is 8.66. The maximum absolute atomic E-state index is 13.3. The van der Waals surface area contributed by atoms with Crippen molar-refractivity contribution < 1.29 is 13.2 Å². The molecule has 0 spiro atoms. The van der Waals surface area contributed by atoms with Gasteiger partial charge in [-0.3, -0.25) is 4.99 Å². The van der Waals surface area contributed by atoms with Gasteiger partial charge in [0.15, 0.2) is 5.84 Å². The Hall–Kier alpha value is -2.60. The molecule has 2 aromatic rings. The summed E-state index contributed by atoms with van der Waals surface area (Å²) in [5.74, 6) is 0.326. The van der Waals surface area contributed by atoms with Gasteiger partial charge < -0.3 is 5.32 Å². The molecular weight excluding hydrogens is 375 g/mol.